The van der Waals surface area contributed by atoms with Crippen LogP contribution in [-0.2, 0) is 6.54 Å². The van der Waals surface area contributed by atoms with Crippen LogP contribution in [0, 0.1) is 0 Å². The maximum atomic E-state index is 11.9. The maximum absolute atomic E-state index is 11.9. The van der Waals surface area contributed by atoms with E-state index in [0.29, 0.717) is 22.4 Å². The Balaban J connectivity index is 2.00. The lowest BCUT2D eigenvalue weighted by atomic mass is 10.1. The molecule has 0 amide bonds. The Bertz CT molecular complexity index is 1160. The number of rotatable bonds is 7. The summed E-state index contributed by atoms with van der Waals surface area (Å²) in [4.78, 5) is 35.6. The van der Waals surface area contributed by atoms with Crippen LogP contribution in [0.15, 0.2) is 37.0 Å². The molecular formula is C19H20N2O7. The van der Waals surface area contributed by atoms with Gasteiger partial charge in [-0.15, -0.1) is 0 Å². The van der Waals surface area contributed by atoms with Gasteiger partial charge in [-0.05, 0) is 25.5 Å². The Labute approximate surface area is 159 Å². The lowest BCUT2D eigenvalue weighted by Crippen LogP contribution is -2.43. The van der Waals surface area contributed by atoms with Gasteiger partial charge >= 0.3 is 5.63 Å². The van der Waals surface area contributed by atoms with Crippen molar-refractivity contribution in [2.75, 3.05) is 24.6 Å². The van der Waals surface area contributed by atoms with Crippen molar-refractivity contribution in [3.63, 3.8) is 0 Å². The first-order chi connectivity index (χ1) is 13.3. The molecule has 0 radical (unpaired) electrons. The Kier molecular flexibility index (Phi) is 5.10. The Morgan fingerprint density at radius 1 is 1.07 bits per heavy atom. The molecule has 0 aliphatic rings. The van der Waals surface area contributed by atoms with Gasteiger partial charge in [-0.1, -0.05) is 0 Å². The third kappa shape index (κ3) is 3.20. The van der Waals surface area contributed by atoms with Crippen LogP contribution in [0.5, 0.6) is 11.5 Å². The third-order valence-electron chi connectivity index (χ3n) is 4.39. The first kappa shape index (κ1) is 19.4. The molecule has 3 aromatic rings. The van der Waals surface area contributed by atoms with Gasteiger partial charge in [0.2, 0.25) is 0 Å². The van der Waals surface area contributed by atoms with E-state index >= 15 is 0 Å². The number of hydrogen-bond donors (Lipinski definition) is 2. The Morgan fingerprint density at radius 3 is 2.32 bits per heavy atom. The largest absolute Gasteiger partial charge is 0.493 e. The summed E-state index contributed by atoms with van der Waals surface area (Å²) in [5, 5.41) is 14.2. The summed E-state index contributed by atoms with van der Waals surface area (Å²) in [5.74, 6) is 0.849. The highest BCUT2D eigenvalue weighted by Gasteiger charge is 2.27. The fraction of sp³-hybridized carbons (Fsp3) is 0.316. The number of methoxy groups -OCH3 is 2. The smallest absolute Gasteiger partial charge is 0.336 e. The summed E-state index contributed by atoms with van der Waals surface area (Å²) in [5.41, 5.74) is -1.33. The van der Waals surface area contributed by atoms with E-state index < -0.39 is 16.5 Å². The van der Waals surface area contributed by atoms with Crippen LogP contribution in [0.25, 0.3) is 11.0 Å². The summed E-state index contributed by atoms with van der Waals surface area (Å²) < 4.78 is 15.7. The molecule has 0 aliphatic carbocycles. The van der Waals surface area contributed by atoms with E-state index in [1.165, 1.54) is 26.4 Å². The standard InChI is InChI=1S/C19H20N2O7/c1-9(2)21(25)17-16(18(23)19(17)24)20-8-10-5-15(22)28-12-7-14(27-4)13(26-3)6-11(10)12/h5-7,9,20,25H,8H2,1-4H3. The zero-order chi connectivity index (χ0) is 20.6. The van der Waals surface area contributed by atoms with Gasteiger partial charge < -0.3 is 19.2 Å². The summed E-state index contributed by atoms with van der Waals surface area (Å²) in [6.07, 6.45) is 0. The van der Waals surface area contributed by atoms with Gasteiger partial charge in [0.05, 0.1) is 20.3 Å². The second-order valence-corrected chi connectivity index (χ2v) is 6.47. The fourth-order valence-electron chi connectivity index (χ4n) is 2.90. The number of ether oxygens (including phenoxy) is 2. The highest BCUT2D eigenvalue weighted by molar-refractivity contribution is 5.84. The van der Waals surface area contributed by atoms with Crippen LogP contribution in [0.3, 0.4) is 0 Å². The molecule has 0 atom stereocenters. The summed E-state index contributed by atoms with van der Waals surface area (Å²) in [6.45, 7) is 3.41. The molecule has 2 N–H and O–H groups in total. The van der Waals surface area contributed by atoms with E-state index in [9.17, 15) is 19.6 Å². The maximum Gasteiger partial charge on any atom is 0.336 e. The molecule has 0 saturated carbocycles. The number of nitrogens with zero attached hydrogens (tertiary/aromatic N) is 1. The predicted octanol–water partition coefficient (Wildman–Crippen LogP) is 1.62. The normalized spacial score (nSPS) is 11.2. The van der Waals surface area contributed by atoms with Crippen LogP contribution in [-0.4, -0.2) is 25.5 Å². The van der Waals surface area contributed by atoms with E-state index in [4.69, 9.17) is 13.9 Å². The van der Waals surface area contributed by atoms with E-state index in [-0.39, 0.29) is 29.5 Å². The van der Waals surface area contributed by atoms with Crippen molar-refractivity contribution in [1.82, 2.24) is 0 Å². The summed E-state index contributed by atoms with van der Waals surface area (Å²) in [7, 11) is 2.95. The first-order valence-corrected chi connectivity index (χ1v) is 8.52. The molecule has 0 unspecified atom stereocenters. The number of fused-ring (bicyclic) bond motifs is 1. The lowest BCUT2D eigenvalue weighted by molar-refractivity contribution is 0.227. The number of benzene rings is 1. The molecule has 148 valence electrons. The van der Waals surface area contributed by atoms with Crippen molar-refractivity contribution >= 4 is 22.3 Å². The predicted molar refractivity (Wildman–Crippen MR) is 104 cm³/mol. The molecular weight excluding hydrogens is 368 g/mol. The zero-order valence-corrected chi connectivity index (χ0v) is 15.9. The van der Waals surface area contributed by atoms with Gasteiger partial charge in [-0.2, -0.15) is 0 Å². The second-order valence-electron chi connectivity index (χ2n) is 6.47. The van der Waals surface area contributed by atoms with Crippen LogP contribution in [0.1, 0.15) is 19.4 Å². The fourth-order valence-corrected chi connectivity index (χ4v) is 2.90. The van der Waals surface area contributed by atoms with Gasteiger partial charge in [0.25, 0.3) is 10.9 Å². The van der Waals surface area contributed by atoms with Crippen LogP contribution in [0.2, 0.25) is 0 Å². The van der Waals surface area contributed by atoms with Crippen molar-refractivity contribution < 1.29 is 19.1 Å². The lowest BCUT2D eigenvalue weighted by Gasteiger charge is -2.24. The first-order valence-electron chi connectivity index (χ1n) is 8.52. The molecule has 9 nitrogen and oxygen atoms in total. The average molecular weight is 388 g/mol. The van der Waals surface area contributed by atoms with Crippen molar-refractivity contribution in [3.8, 4) is 11.5 Å². The monoisotopic (exact) mass is 388 g/mol. The SMILES string of the molecule is COc1cc2oc(=O)cc(CNc3c(N(O)C(C)C)c(=O)c3=O)c2cc1OC. The van der Waals surface area contributed by atoms with Crippen LogP contribution in [0.4, 0.5) is 11.4 Å². The number of hydrogen-bond acceptors (Lipinski definition) is 9. The second kappa shape index (κ2) is 7.35. The van der Waals surface area contributed by atoms with Crippen LogP contribution < -0.4 is 36.3 Å². The molecule has 3 rings (SSSR count). The Hall–Kier alpha value is -3.33. The van der Waals surface area contributed by atoms with Gasteiger partial charge in [0, 0.05) is 24.1 Å². The minimum absolute atomic E-state index is 0.00284. The topological polar surface area (TPSA) is 118 Å². The van der Waals surface area contributed by atoms with Crippen molar-refractivity contribution in [2.24, 2.45) is 0 Å². The highest BCUT2D eigenvalue weighted by atomic mass is 16.5. The third-order valence-corrected chi connectivity index (χ3v) is 4.39. The minimum Gasteiger partial charge on any atom is -0.493 e. The minimum atomic E-state index is -0.762. The number of hydroxylamine groups is 1. The number of nitrogens with one attached hydrogen (secondary N) is 1. The highest BCUT2D eigenvalue weighted by Crippen LogP contribution is 2.33. The summed E-state index contributed by atoms with van der Waals surface area (Å²) >= 11 is 0. The van der Waals surface area contributed by atoms with E-state index in [1.54, 1.807) is 19.9 Å². The van der Waals surface area contributed by atoms with Gasteiger partial charge in [-0.3, -0.25) is 14.8 Å². The number of anilines is 2. The molecule has 1 aromatic heterocycles. The van der Waals surface area contributed by atoms with E-state index in [1.807, 2.05) is 0 Å². The quantitative estimate of drug-likeness (QED) is 0.353. The van der Waals surface area contributed by atoms with Crippen LogP contribution >= 0.6 is 0 Å². The molecule has 0 aliphatic heterocycles. The zero-order valence-electron chi connectivity index (χ0n) is 15.9. The van der Waals surface area contributed by atoms with Gasteiger partial charge in [0.1, 0.15) is 17.0 Å². The van der Waals surface area contributed by atoms with Crippen molar-refractivity contribution in [2.45, 2.75) is 26.4 Å². The van der Waals surface area contributed by atoms with Crippen molar-refractivity contribution in [1.29, 1.82) is 0 Å². The molecule has 2 aromatic carbocycles. The van der Waals surface area contributed by atoms with Gasteiger partial charge in [0.15, 0.2) is 11.5 Å². The molecule has 0 fully saturated rings. The molecule has 28 heavy (non-hydrogen) atoms. The van der Waals surface area contributed by atoms with Gasteiger partial charge in [-0.25, -0.2) is 9.86 Å². The Morgan fingerprint density at radius 2 is 1.71 bits per heavy atom. The van der Waals surface area contributed by atoms with Crippen molar-refractivity contribution in [3.05, 3.63) is 54.6 Å². The molecule has 0 saturated heterocycles. The molecule has 0 bridgehead atoms. The van der Waals surface area contributed by atoms with E-state index in [0.717, 1.165) is 5.06 Å². The molecule has 1 heterocycles. The average Bonchev–Trinajstić information content (AvgIpc) is 2.68. The molecule has 0 spiro atoms. The van der Waals surface area contributed by atoms with E-state index in [2.05, 4.69) is 5.32 Å². The molecule has 9 heteroatoms. The summed E-state index contributed by atoms with van der Waals surface area (Å²) in [6, 6.07) is 4.09.